The number of halogens is 3. The van der Waals surface area contributed by atoms with Gasteiger partial charge in [-0.3, -0.25) is 4.79 Å². The molecule has 5 rings (SSSR count). The van der Waals surface area contributed by atoms with Gasteiger partial charge in [-0.05, 0) is 65.9 Å². The van der Waals surface area contributed by atoms with E-state index in [1.165, 1.54) is 11.3 Å². The third kappa shape index (κ3) is 6.04. The van der Waals surface area contributed by atoms with E-state index >= 15 is 0 Å². The first-order valence-corrected chi connectivity index (χ1v) is 14.1. The summed E-state index contributed by atoms with van der Waals surface area (Å²) < 4.78 is 41.2. The Hall–Kier alpha value is -2.92. The number of carbonyl (C=O) groups is 1. The fourth-order valence-corrected chi connectivity index (χ4v) is 6.17. The van der Waals surface area contributed by atoms with Crippen molar-refractivity contribution in [2.75, 3.05) is 13.1 Å². The molecule has 200 valence electrons. The number of piperidine rings is 1. The second-order valence-corrected chi connectivity index (χ2v) is 12.5. The van der Waals surface area contributed by atoms with Crippen LogP contribution in [0.5, 0.6) is 0 Å². The number of imidazole rings is 1. The molecule has 0 unspecified atom stereocenters. The number of amides is 1. The fraction of sp³-hybridized carbons (Fsp3) is 0.407. The highest BCUT2D eigenvalue weighted by Crippen LogP contribution is 2.41. The first-order chi connectivity index (χ1) is 18.0. The summed E-state index contributed by atoms with van der Waals surface area (Å²) in [6.45, 7) is 7.42. The van der Waals surface area contributed by atoms with Gasteiger partial charge in [-0.2, -0.15) is 13.2 Å². The number of nitrogens with zero attached hydrogens (tertiary/aromatic N) is 5. The number of carbonyl (C=O) groups excluding carboxylic acids is 1. The van der Waals surface area contributed by atoms with Crippen LogP contribution in [0.3, 0.4) is 0 Å². The van der Waals surface area contributed by atoms with Gasteiger partial charge >= 0.3 is 5.51 Å². The van der Waals surface area contributed by atoms with Gasteiger partial charge in [0, 0.05) is 41.0 Å². The van der Waals surface area contributed by atoms with Gasteiger partial charge in [0.15, 0.2) is 5.65 Å². The van der Waals surface area contributed by atoms with Crippen LogP contribution < -0.4 is 0 Å². The van der Waals surface area contributed by atoms with E-state index in [-0.39, 0.29) is 40.4 Å². The molecule has 0 bridgehead atoms. The average Bonchev–Trinajstić information content (AvgIpc) is 3.50. The van der Waals surface area contributed by atoms with Crippen molar-refractivity contribution in [2.24, 2.45) is 0 Å². The summed E-state index contributed by atoms with van der Waals surface area (Å²) in [7, 11) is 0. The quantitative estimate of drug-likeness (QED) is 0.250. The van der Waals surface area contributed by atoms with Gasteiger partial charge in [-0.1, -0.05) is 20.8 Å². The van der Waals surface area contributed by atoms with Crippen LogP contribution in [0, 0.1) is 0 Å². The van der Waals surface area contributed by atoms with Gasteiger partial charge in [-0.15, -0.1) is 11.3 Å². The molecular weight excluding hydrogens is 531 g/mol. The highest BCUT2D eigenvalue weighted by Gasteiger charge is 2.31. The molecule has 0 spiro atoms. The lowest BCUT2D eigenvalue weighted by atomic mass is 9.86. The number of thiazole rings is 1. The molecule has 1 amide bonds. The Labute approximate surface area is 227 Å². The van der Waals surface area contributed by atoms with Crippen molar-refractivity contribution in [3.05, 3.63) is 59.5 Å². The summed E-state index contributed by atoms with van der Waals surface area (Å²) in [4.78, 5) is 28.4. The van der Waals surface area contributed by atoms with E-state index in [0.29, 0.717) is 29.3 Å². The molecule has 1 saturated heterocycles. The summed E-state index contributed by atoms with van der Waals surface area (Å²) in [5.74, 6) is 0.232. The van der Waals surface area contributed by atoms with Crippen LogP contribution in [0.2, 0.25) is 0 Å². The molecule has 6 nitrogen and oxygen atoms in total. The van der Waals surface area contributed by atoms with E-state index in [1.807, 2.05) is 49.3 Å². The molecule has 1 fully saturated rings. The standard InChI is InChI=1S/C27H28F3N5OS2/c1-26(2,3)19-11-18(12-20(13-19)38-27(28,29)30)25-33-22(15-37-25)17-6-9-34(10-7-17)23(36)14-35-16-32-21-5-4-8-31-24(21)35/h4-5,8,11-13,15-17H,6-7,9-10,14H2,1-3H3. The predicted molar refractivity (Wildman–Crippen MR) is 144 cm³/mol. The van der Waals surface area contributed by atoms with E-state index in [9.17, 15) is 18.0 Å². The second kappa shape index (κ2) is 10.3. The molecule has 4 aromatic rings. The molecule has 0 atom stereocenters. The monoisotopic (exact) mass is 559 g/mol. The summed E-state index contributed by atoms with van der Waals surface area (Å²) in [6.07, 6.45) is 4.91. The van der Waals surface area contributed by atoms with Crippen molar-refractivity contribution in [3.63, 3.8) is 0 Å². The van der Waals surface area contributed by atoms with Crippen molar-refractivity contribution < 1.29 is 18.0 Å². The third-order valence-corrected chi connectivity index (χ3v) is 8.33. The van der Waals surface area contributed by atoms with E-state index in [2.05, 4.69) is 9.97 Å². The molecule has 4 heterocycles. The van der Waals surface area contributed by atoms with E-state index in [0.717, 1.165) is 29.6 Å². The lowest BCUT2D eigenvalue weighted by molar-refractivity contribution is -0.132. The number of fused-ring (bicyclic) bond motifs is 1. The van der Waals surface area contributed by atoms with Crippen LogP contribution in [-0.4, -0.2) is 48.9 Å². The van der Waals surface area contributed by atoms with Gasteiger partial charge in [0.2, 0.25) is 5.91 Å². The number of rotatable bonds is 5. The Morgan fingerprint density at radius 1 is 1.13 bits per heavy atom. The highest BCUT2D eigenvalue weighted by atomic mass is 32.2. The number of pyridine rings is 1. The van der Waals surface area contributed by atoms with Crippen molar-refractivity contribution in [2.45, 2.75) is 61.9 Å². The maximum atomic E-state index is 13.1. The number of hydrogen-bond acceptors (Lipinski definition) is 6. The Morgan fingerprint density at radius 2 is 1.89 bits per heavy atom. The number of hydrogen-bond donors (Lipinski definition) is 0. The minimum Gasteiger partial charge on any atom is -0.341 e. The van der Waals surface area contributed by atoms with Gasteiger partial charge in [0.05, 0.1) is 12.0 Å². The smallest absolute Gasteiger partial charge is 0.341 e. The van der Waals surface area contributed by atoms with E-state index in [1.54, 1.807) is 29.2 Å². The van der Waals surface area contributed by atoms with Crippen LogP contribution in [0.25, 0.3) is 21.7 Å². The number of alkyl halides is 3. The largest absolute Gasteiger partial charge is 0.446 e. The molecule has 11 heteroatoms. The zero-order chi connectivity index (χ0) is 27.1. The maximum absolute atomic E-state index is 13.1. The zero-order valence-corrected chi connectivity index (χ0v) is 23.0. The van der Waals surface area contributed by atoms with Gasteiger partial charge in [-0.25, -0.2) is 15.0 Å². The summed E-state index contributed by atoms with van der Waals surface area (Å²) in [6, 6.07) is 8.82. The topological polar surface area (TPSA) is 63.9 Å². The lowest BCUT2D eigenvalue weighted by Crippen LogP contribution is -2.39. The molecule has 3 aromatic heterocycles. The highest BCUT2D eigenvalue weighted by molar-refractivity contribution is 8.00. The first-order valence-electron chi connectivity index (χ1n) is 12.4. The van der Waals surface area contributed by atoms with Crippen LogP contribution in [0.4, 0.5) is 13.2 Å². The Balaban J connectivity index is 1.26. The first kappa shape index (κ1) is 26.7. The third-order valence-electron chi connectivity index (χ3n) is 6.72. The number of likely N-dealkylation sites (tertiary alicyclic amines) is 1. The zero-order valence-electron chi connectivity index (χ0n) is 21.3. The molecule has 0 saturated carbocycles. The van der Waals surface area contributed by atoms with Gasteiger partial charge in [0.25, 0.3) is 0 Å². The van der Waals surface area contributed by atoms with E-state index < -0.39 is 5.51 Å². The molecule has 1 aliphatic heterocycles. The number of aromatic nitrogens is 4. The Morgan fingerprint density at radius 3 is 2.61 bits per heavy atom. The van der Waals surface area contributed by atoms with Crippen LogP contribution >= 0.6 is 23.1 Å². The molecule has 38 heavy (non-hydrogen) atoms. The molecular formula is C27H28F3N5OS2. The van der Waals surface area contributed by atoms with Crippen molar-refractivity contribution >= 4 is 40.2 Å². The molecule has 0 radical (unpaired) electrons. The molecule has 1 aliphatic rings. The van der Waals surface area contributed by atoms with Crippen molar-refractivity contribution in [3.8, 4) is 10.6 Å². The SMILES string of the molecule is CC(C)(C)c1cc(SC(F)(F)F)cc(-c2nc(C3CCN(C(=O)Cn4cnc5cccnc54)CC3)cs2)c1. The maximum Gasteiger partial charge on any atom is 0.446 e. The van der Waals surface area contributed by atoms with Gasteiger partial charge in [0.1, 0.15) is 17.1 Å². The summed E-state index contributed by atoms with van der Waals surface area (Å²) >= 11 is 1.36. The minimum absolute atomic E-state index is 0.0288. The van der Waals surface area contributed by atoms with Crippen molar-refractivity contribution in [1.82, 2.24) is 24.4 Å². The molecule has 1 aromatic carbocycles. The lowest BCUT2D eigenvalue weighted by Gasteiger charge is -2.31. The molecule has 0 aliphatic carbocycles. The second-order valence-electron chi connectivity index (χ2n) is 10.5. The number of benzene rings is 1. The molecule has 0 N–H and O–H groups in total. The Bertz CT molecular complexity index is 1450. The van der Waals surface area contributed by atoms with Gasteiger partial charge < -0.3 is 9.47 Å². The predicted octanol–water partition coefficient (Wildman–Crippen LogP) is 6.87. The fourth-order valence-electron chi connectivity index (χ4n) is 4.64. The van der Waals surface area contributed by atoms with E-state index in [4.69, 9.17) is 4.98 Å². The normalized spacial score (nSPS) is 15.4. The summed E-state index contributed by atoms with van der Waals surface area (Å²) in [5, 5.41) is 2.72. The van der Waals surface area contributed by atoms with Crippen LogP contribution in [0.15, 0.2) is 53.1 Å². The van der Waals surface area contributed by atoms with Crippen LogP contribution in [0.1, 0.15) is 50.8 Å². The van der Waals surface area contributed by atoms with Crippen molar-refractivity contribution in [1.29, 1.82) is 0 Å². The Kier molecular flexibility index (Phi) is 7.25. The average molecular weight is 560 g/mol. The number of thioether (sulfide) groups is 1. The summed E-state index contributed by atoms with van der Waals surface area (Å²) in [5.41, 5.74) is -0.716. The van der Waals surface area contributed by atoms with Crippen LogP contribution in [-0.2, 0) is 16.8 Å². The minimum atomic E-state index is -4.35.